The topological polar surface area (TPSA) is 45.7 Å². The molecule has 0 radical (unpaired) electrons. The lowest BCUT2D eigenvalue weighted by atomic mass is 9.99. The molecule has 0 aliphatic heterocycles. The number of nitrogens with zero attached hydrogens (tertiary/aromatic N) is 2. The maximum Gasteiger partial charge on any atom is 0.0712 e. The number of fused-ring (bicyclic) bond motifs is 6. The molecule has 0 amide bonds. The lowest BCUT2D eigenvalue weighted by Crippen LogP contribution is -2.17. The van der Waals surface area contributed by atoms with Gasteiger partial charge in [-0.3, -0.25) is 10.1 Å². The summed E-state index contributed by atoms with van der Waals surface area (Å²) in [6, 6.07) is 51.6. The van der Waals surface area contributed by atoms with Gasteiger partial charge >= 0.3 is 0 Å². The smallest absolute Gasteiger partial charge is 0.0712 e. The molecule has 1 aliphatic rings. The highest BCUT2D eigenvalue weighted by atomic mass is 15.4. The van der Waals surface area contributed by atoms with Crippen LogP contribution in [0.1, 0.15) is 5.56 Å². The van der Waals surface area contributed by atoms with Crippen molar-refractivity contribution in [1.29, 1.82) is 5.41 Å². The van der Waals surface area contributed by atoms with Gasteiger partial charge < -0.3 is 9.98 Å². The highest BCUT2D eigenvalue weighted by molar-refractivity contribution is 6.16. The second-order valence-corrected chi connectivity index (χ2v) is 11.9. The lowest BCUT2D eigenvalue weighted by molar-refractivity contribution is 1.06. The molecule has 9 rings (SSSR count). The minimum absolute atomic E-state index is 0.478. The van der Waals surface area contributed by atoms with E-state index in [0.29, 0.717) is 5.71 Å². The Morgan fingerprint density at radius 1 is 0.489 bits per heavy atom. The Kier molecular flexibility index (Phi) is 6.25. The molecule has 0 spiro atoms. The van der Waals surface area contributed by atoms with E-state index in [9.17, 15) is 0 Å². The quantitative estimate of drug-likeness (QED) is 0.202. The number of hydrogen-bond acceptors (Lipinski definition) is 2. The largest absolute Gasteiger partial charge is 0.309 e. The number of rotatable bonds is 5. The second kappa shape index (κ2) is 10.9. The van der Waals surface area contributed by atoms with Crippen LogP contribution in [0.25, 0.3) is 66.1 Å². The molecule has 4 nitrogen and oxygen atoms in total. The van der Waals surface area contributed by atoms with Crippen LogP contribution in [0, 0.1) is 5.41 Å². The normalized spacial score (nSPS) is 14.1. The van der Waals surface area contributed by atoms with Crippen molar-refractivity contribution < 1.29 is 0 Å². The van der Waals surface area contributed by atoms with Crippen LogP contribution in [-0.2, 0) is 0 Å². The molecule has 6 aromatic carbocycles. The van der Waals surface area contributed by atoms with Gasteiger partial charge in [-0.05, 0) is 65.7 Å². The van der Waals surface area contributed by atoms with E-state index in [0.717, 1.165) is 33.6 Å². The Bertz CT molecular complexity index is 2600. The molecule has 8 aromatic rings. The van der Waals surface area contributed by atoms with E-state index in [1.807, 2.05) is 42.5 Å². The molecule has 2 heterocycles. The minimum atomic E-state index is 0.478. The Morgan fingerprint density at radius 3 is 1.74 bits per heavy atom. The molecule has 4 heteroatoms. The van der Waals surface area contributed by atoms with Gasteiger partial charge in [-0.1, -0.05) is 115 Å². The zero-order chi connectivity index (χ0) is 31.3. The summed E-state index contributed by atoms with van der Waals surface area (Å²) >= 11 is 0. The van der Waals surface area contributed by atoms with Crippen molar-refractivity contribution in [1.82, 2.24) is 9.24 Å². The van der Waals surface area contributed by atoms with E-state index < -0.39 is 0 Å². The molecule has 47 heavy (non-hydrogen) atoms. The SMILES string of the molecule is N=C1C=CC=C/C1=C(/Nn1c2ccccc2c2cc(-c3ccc4c(c3)c3ccccc3n4-c3ccccc3)ccc21)c1ccccc1. The van der Waals surface area contributed by atoms with E-state index in [2.05, 4.69) is 142 Å². The van der Waals surface area contributed by atoms with Crippen molar-refractivity contribution in [2.45, 2.75) is 0 Å². The molecule has 0 bridgehead atoms. The molecular formula is C43H30N4. The van der Waals surface area contributed by atoms with Crippen molar-refractivity contribution in [2.75, 3.05) is 5.43 Å². The summed E-state index contributed by atoms with van der Waals surface area (Å²) in [5.41, 5.74) is 15.1. The van der Waals surface area contributed by atoms with Crippen LogP contribution in [0.15, 0.2) is 175 Å². The van der Waals surface area contributed by atoms with Crippen molar-refractivity contribution in [3.05, 3.63) is 181 Å². The van der Waals surface area contributed by atoms with E-state index >= 15 is 0 Å². The summed E-state index contributed by atoms with van der Waals surface area (Å²) in [5, 5.41) is 13.5. The fraction of sp³-hybridized carbons (Fsp3) is 0. The predicted molar refractivity (Wildman–Crippen MR) is 198 cm³/mol. The molecule has 2 aromatic heterocycles. The number of nitrogens with one attached hydrogen (secondary N) is 2. The van der Waals surface area contributed by atoms with Gasteiger partial charge in [0.15, 0.2) is 0 Å². The summed E-state index contributed by atoms with van der Waals surface area (Å²) in [7, 11) is 0. The van der Waals surface area contributed by atoms with Crippen molar-refractivity contribution in [3.63, 3.8) is 0 Å². The van der Waals surface area contributed by atoms with Gasteiger partial charge in [-0.2, -0.15) is 0 Å². The number of allylic oxidation sites excluding steroid dienone is 5. The summed E-state index contributed by atoms with van der Waals surface area (Å²) in [6.07, 6.45) is 7.75. The number of benzene rings is 6. The van der Waals surface area contributed by atoms with Gasteiger partial charge in [0.25, 0.3) is 0 Å². The van der Waals surface area contributed by atoms with Crippen LogP contribution in [0.2, 0.25) is 0 Å². The van der Waals surface area contributed by atoms with Crippen molar-refractivity contribution in [3.8, 4) is 16.8 Å². The zero-order valence-corrected chi connectivity index (χ0v) is 25.6. The molecular weight excluding hydrogens is 573 g/mol. The second-order valence-electron chi connectivity index (χ2n) is 11.9. The van der Waals surface area contributed by atoms with Gasteiger partial charge in [0.1, 0.15) is 0 Å². The van der Waals surface area contributed by atoms with Gasteiger partial charge in [-0.15, -0.1) is 0 Å². The third-order valence-electron chi connectivity index (χ3n) is 9.18. The maximum atomic E-state index is 8.72. The molecule has 0 fully saturated rings. The monoisotopic (exact) mass is 602 g/mol. The first-order valence-electron chi connectivity index (χ1n) is 15.9. The highest BCUT2D eigenvalue weighted by Crippen LogP contribution is 2.37. The molecule has 2 N–H and O–H groups in total. The van der Waals surface area contributed by atoms with Crippen LogP contribution >= 0.6 is 0 Å². The average Bonchev–Trinajstić information content (AvgIpc) is 3.63. The van der Waals surface area contributed by atoms with E-state index in [1.165, 1.54) is 43.7 Å². The average molecular weight is 603 g/mol. The number of hydrogen-bond donors (Lipinski definition) is 2. The van der Waals surface area contributed by atoms with Crippen LogP contribution in [0.5, 0.6) is 0 Å². The van der Waals surface area contributed by atoms with Gasteiger partial charge in [0, 0.05) is 38.4 Å². The molecule has 0 unspecified atom stereocenters. The standard InChI is InChI=1S/C43H30N4/c44-38-20-10-7-19-35(38)43(29-13-3-1-4-14-29)45-47-41-22-12-9-18-34(41)37-28-31(24-26-42(37)47)30-23-25-40-36(27-30)33-17-8-11-21-39(33)46(40)32-15-5-2-6-16-32/h1-28,44-45H/b43-35-,44-38?. The van der Waals surface area contributed by atoms with Gasteiger partial charge in [-0.25, -0.2) is 0 Å². The molecule has 0 saturated carbocycles. The minimum Gasteiger partial charge on any atom is -0.309 e. The zero-order valence-electron chi connectivity index (χ0n) is 25.6. The molecule has 0 atom stereocenters. The fourth-order valence-corrected chi connectivity index (χ4v) is 6.98. The summed E-state index contributed by atoms with van der Waals surface area (Å²) in [5.74, 6) is 0. The summed E-state index contributed by atoms with van der Waals surface area (Å²) in [4.78, 5) is 0. The first-order chi connectivity index (χ1) is 23.2. The van der Waals surface area contributed by atoms with Crippen LogP contribution in [0.4, 0.5) is 0 Å². The van der Waals surface area contributed by atoms with Gasteiger partial charge in [0.2, 0.25) is 0 Å². The first-order valence-corrected chi connectivity index (χ1v) is 15.9. The maximum absolute atomic E-state index is 8.72. The third-order valence-corrected chi connectivity index (χ3v) is 9.18. The molecule has 222 valence electrons. The summed E-state index contributed by atoms with van der Waals surface area (Å²) in [6.45, 7) is 0. The Morgan fingerprint density at radius 2 is 1.02 bits per heavy atom. The Balaban J connectivity index is 1.21. The first kappa shape index (κ1) is 27.0. The van der Waals surface area contributed by atoms with E-state index in [-0.39, 0.29) is 0 Å². The van der Waals surface area contributed by atoms with E-state index in [4.69, 9.17) is 5.41 Å². The number of para-hydroxylation sites is 3. The lowest BCUT2D eigenvalue weighted by Gasteiger charge is -2.19. The fourth-order valence-electron chi connectivity index (χ4n) is 6.98. The van der Waals surface area contributed by atoms with Crippen LogP contribution in [-0.4, -0.2) is 15.0 Å². The molecule has 0 saturated heterocycles. The van der Waals surface area contributed by atoms with Crippen molar-refractivity contribution >= 4 is 55.0 Å². The van der Waals surface area contributed by atoms with Crippen molar-refractivity contribution in [2.24, 2.45) is 0 Å². The predicted octanol–water partition coefficient (Wildman–Crippen LogP) is 10.7. The molecule has 1 aliphatic carbocycles. The van der Waals surface area contributed by atoms with Crippen LogP contribution in [0.3, 0.4) is 0 Å². The Hall–Kier alpha value is -6.39. The third kappa shape index (κ3) is 4.42. The number of aromatic nitrogens is 2. The van der Waals surface area contributed by atoms with E-state index in [1.54, 1.807) is 0 Å². The summed E-state index contributed by atoms with van der Waals surface area (Å²) < 4.78 is 4.52. The Labute approximate surface area is 272 Å². The van der Waals surface area contributed by atoms with Crippen LogP contribution < -0.4 is 5.43 Å². The van der Waals surface area contributed by atoms with Gasteiger partial charge in [0.05, 0.1) is 33.5 Å². The highest BCUT2D eigenvalue weighted by Gasteiger charge is 2.18.